The van der Waals surface area contributed by atoms with Gasteiger partial charge in [0.25, 0.3) is 10.0 Å². The zero-order chi connectivity index (χ0) is 33.8. The van der Waals surface area contributed by atoms with Crippen molar-refractivity contribution in [3.63, 3.8) is 0 Å². The molecule has 2 aromatic carbocycles. The number of anilines is 1. The highest BCUT2D eigenvalue weighted by molar-refractivity contribution is 7.90. The zero-order valence-electron chi connectivity index (χ0n) is 24.7. The summed E-state index contributed by atoms with van der Waals surface area (Å²) >= 11 is 0. The van der Waals surface area contributed by atoms with E-state index in [0.29, 0.717) is 32.0 Å². The SMILES string of the molecule is CC(=O)NS(=O)(=O)c1ccc(-c2cnc(N3CCOCC3)c3nc(C=Cc4ccc5ccccc5n4)cn23)cc1.O=C(O)C(F)(F)F. The molecule has 0 unspecified atom stereocenters. The molecular formula is C31H27F3N6O6S. The summed E-state index contributed by atoms with van der Waals surface area (Å²) in [5.41, 5.74) is 4.63. The predicted molar refractivity (Wildman–Crippen MR) is 167 cm³/mol. The maximum absolute atomic E-state index is 12.4. The number of morpholine rings is 1. The molecule has 1 saturated heterocycles. The Bertz CT molecular complexity index is 2080. The first-order valence-corrected chi connectivity index (χ1v) is 15.5. The molecule has 0 bridgehead atoms. The number of aliphatic carboxylic acids is 1. The highest BCUT2D eigenvalue weighted by atomic mass is 32.2. The summed E-state index contributed by atoms with van der Waals surface area (Å²) in [7, 11) is -3.93. The molecule has 0 spiro atoms. The Labute approximate surface area is 266 Å². The predicted octanol–water partition coefficient (Wildman–Crippen LogP) is 4.41. The number of nitrogens with zero attached hydrogens (tertiary/aromatic N) is 5. The van der Waals surface area contributed by atoms with Crippen LogP contribution in [0.4, 0.5) is 19.0 Å². The number of carboxylic acids is 1. The van der Waals surface area contributed by atoms with Gasteiger partial charge in [-0.1, -0.05) is 36.4 Å². The summed E-state index contributed by atoms with van der Waals surface area (Å²) in [6.07, 6.45) is 2.45. The standard InChI is InChI=1S/C29H26N6O4S.C2HF3O2/c1-20(36)33-40(37,38)25-12-7-22(8-13-25)27-18-30-28(34-14-16-39-17-15-34)29-32-24(19-35(27)29)11-10-23-9-6-21-4-2-3-5-26(21)31-23;3-2(4,5)1(6)7/h2-13,18-19H,14-17H2,1H3,(H,33,36);(H,6,7). The van der Waals surface area contributed by atoms with Gasteiger partial charge in [0.1, 0.15) is 0 Å². The van der Waals surface area contributed by atoms with Crippen LogP contribution >= 0.6 is 0 Å². The quantitative estimate of drug-likeness (QED) is 0.266. The van der Waals surface area contributed by atoms with Gasteiger partial charge < -0.3 is 14.7 Å². The van der Waals surface area contributed by atoms with Crippen molar-refractivity contribution in [2.24, 2.45) is 0 Å². The normalized spacial score (nSPS) is 13.8. The van der Waals surface area contributed by atoms with E-state index >= 15 is 0 Å². The topological polar surface area (TPSA) is 156 Å². The fourth-order valence-corrected chi connectivity index (χ4v) is 5.66. The molecule has 6 rings (SSSR count). The molecule has 0 saturated carbocycles. The maximum Gasteiger partial charge on any atom is 0.490 e. The second-order valence-electron chi connectivity index (χ2n) is 10.2. The number of ether oxygens (including phenoxy) is 1. The summed E-state index contributed by atoms with van der Waals surface area (Å²) in [6, 6.07) is 18.3. The van der Waals surface area contributed by atoms with Crippen LogP contribution in [0, 0.1) is 0 Å². The largest absolute Gasteiger partial charge is 0.490 e. The number of alkyl halides is 3. The molecule has 1 amide bonds. The van der Waals surface area contributed by atoms with Crippen LogP contribution < -0.4 is 9.62 Å². The van der Waals surface area contributed by atoms with Crippen LogP contribution in [0.5, 0.6) is 0 Å². The lowest BCUT2D eigenvalue weighted by Gasteiger charge is -2.28. The number of carboxylic acid groups (broad SMARTS) is 1. The Balaban J connectivity index is 0.000000559. The van der Waals surface area contributed by atoms with Gasteiger partial charge in [0, 0.05) is 37.2 Å². The fraction of sp³-hybridized carbons (Fsp3) is 0.194. The highest BCUT2D eigenvalue weighted by Gasteiger charge is 2.38. The van der Waals surface area contributed by atoms with E-state index in [1.165, 1.54) is 12.1 Å². The van der Waals surface area contributed by atoms with Crippen molar-refractivity contribution in [3.05, 3.63) is 84.4 Å². The Morgan fingerprint density at radius 2 is 1.62 bits per heavy atom. The number of imidazole rings is 1. The number of benzene rings is 2. The summed E-state index contributed by atoms with van der Waals surface area (Å²) in [5.74, 6) is -2.65. The van der Waals surface area contributed by atoms with Crippen molar-refractivity contribution in [1.29, 1.82) is 0 Å². The number of sulfonamides is 1. The molecule has 47 heavy (non-hydrogen) atoms. The average molecular weight is 669 g/mol. The lowest BCUT2D eigenvalue weighted by atomic mass is 10.1. The highest BCUT2D eigenvalue weighted by Crippen LogP contribution is 2.28. The van der Waals surface area contributed by atoms with Crippen LogP contribution in [0.3, 0.4) is 0 Å². The van der Waals surface area contributed by atoms with Gasteiger partial charge in [-0.2, -0.15) is 13.2 Å². The van der Waals surface area contributed by atoms with Gasteiger partial charge in [-0.25, -0.2) is 32.9 Å². The molecular weight excluding hydrogens is 641 g/mol. The first-order valence-electron chi connectivity index (χ1n) is 14.0. The number of fused-ring (bicyclic) bond motifs is 2. The Morgan fingerprint density at radius 3 is 2.28 bits per heavy atom. The van der Waals surface area contributed by atoms with E-state index in [1.54, 1.807) is 18.3 Å². The van der Waals surface area contributed by atoms with Crippen molar-refractivity contribution in [3.8, 4) is 11.3 Å². The number of amides is 1. The van der Waals surface area contributed by atoms with Gasteiger partial charge in [-0.3, -0.25) is 9.20 Å². The van der Waals surface area contributed by atoms with Crippen LogP contribution in [0.1, 0.15) is 18.3 Å². The molecule has 1 fully saturated rings. The molecule has 1 aliphatic rings. The molecule has 0 aliphatic carbocycles. The number of rotatable bonds is 6. The lowest BCUT2D eigenvalue weighted by Crippen LogP contribution is -2.37. The van der Waals surface area contributed by atoms with Crippen LogP contribution in [-0.2, 0) is 24.3 Å². The van der Waals surface area contributed by atoms with Crippen LogP contribution in [-0.4, -0.2) is 77.2 Å². The smallest absolute Gasteiger partial charge is 0.475 e. The second kappa shape index (κ2) is 13.6. The molecule has 12 nitrogen and oxygen atoms in total. The minimum absolute atomic E-state index is 0.00210. The number of aromatic nitrogens is 4. The number of pyridine rings is 1. The average Bonchev–Trinajstić information content (AvgIpc) is 3.47. The maximum atomic E-state index is 12.4. The van der Waals surface area contributed by atoms with Crippen LogP contribution in [0.25, 0.3) is 40.0 Å². The molecule has 4 heterocycles. The molecule has 0 atom stereocenters. The molecule has 0 radical (unpaired) electrons. The second-order valence-corrected chi connectivity index (χ2v) is 11.9. The number of para-hydroxylation sites is 1. The Hall–Kier alpha value is -5.35. The lowest BCUT2D eigenvalue weighted by molar-refractivity contribution is -0.192. The van der Waals surface area contributed by atoms with Gasteiger partial charge in [0.2, 0.25) is 5.91 Å². The van der Waals surface area contributed by atoms with E-state index in [0.717, 1.165) is 46.3 Å². The number of hydrogen-bond acceptors (Lipinski definition) is 9. The third-order valence-electron chi connectivity index (χ3n) is 6.83. The number of hydrogen-bond donors (Lipinski definition) is 2. The summed E-state index contributed by atoms with van der Waals surface area (Å²) in [6.45, 7) is 3.79. The van der Waals surface area contributed by atoms with Crippen molar-refractivity contribution in [2.75, 3.05) is 31.2 Å². The van der Waals surface area contributed by atoms with Crippen molar-refractivity contribution < 1.29 is 41.0 Å². The number of halogens is 3. The molecule has 16 heteroatoms. The Kier molecular flexibility index (Phi) is 9.53. The van der Waals surface area contributed by atoms with Gasteiger partial charge in [-0.15, -0.1) is 0 Å². The number of nitrogens with one attached hydrogen (secondary N) is 1. The van der Waals surface area contributed by atoms with Crippen LogP contribution in [0.15, 0.2) is 78.0 Å². The third-order valence-corrected chi connectivity index (χ3v) is 8.28. The Morgan fingerprint density at radius 1 is 0.957 bits per heavy atom. The van der Waals surface area contributed by atoms with Gasteiger partial charge in [0.15, 0.2) is 11.5 Å². The molecule has 1 aliphatic heterocycles. The summed E-state index contributed by atoms with van der Waals surface area (Å²) in [4.78, 5) is 36.7. The minimum atomic E-state index is -5.08. The van der Waals surface area contributed by atoms with Gasteiger partial charge in [-0.05, 0) is 36.4 Å². The van der Waals surface area contributed by atoms with E-state index < -0.39 is 28.1 Å². The van der Waals surface area contributed by atoms with E-state index in [2.05, 4.69) is 4.90 Å². The zero-order valence-corrected chi connectivity index (χ0v) is 25.5. The first kappa shape index (κ1) is 33.0. The van der Waals surface area contributed by atoms with E-state index in [-0.39, 0.29) is 4.90 Å². The molecule has 244 valence electrons. The number of carbonyl (C=O) groups is 2. The summed E-state index contributed by atoms with van der Waals surface area (Å²) in [5, 5.41) is 8.20. The van der Waals surface area contributed by atoms with E-state index in [1.807, 2.05) is 63.9 Å². The molecule has 3 aromatic heterocycles. The monoisotopic (exact) mass is 668 g/mol. The molecule has 2 N–H and O–H groups in total. The first-order chi connectivity index (χ1) is 22.3. The number of carbonyl (C=O) groups excluding carboxylic acids is 1. The van der Waals surface area contributed by atoms with Crippen molar-refractivity contribution >= 4 is 56.4 Å². The minimum Gasteiger partial charge on any atom is -0.475 e. The fourth-order valence-electron chi connectivity index (χ4n) is 4.67. The van der Waals surface area contributed by atoms with Gasteiger partial charge >= 0.3 is 12.1 Å². The van der Waals surface area contributed by atoms with E-state index in [9.17, 15) is 26.4 Å². The molecule has 5 aromatic rings. The van der Waals surface area contributed by atoms with Crippen molar-refractivity contribution in [1.82, 2.24) is 24.1 Å². The van der Waals surface area contributed by atoms with Gasteiger partial charge in [0.05, 0.1) is 46.9 Å². The summed E-state index contributed by atoms with van der Waals surface area (Å²) < 4.78 is 66.0. The van der Waals surface area contributed by atoms with E-state index in [4.69, 9.17) is 29.6 Å². The van der Waals surface area contributed by atoms with Crippen molar-refractivity contribution in [2.45, 2.75) is 18.0 Å². The van der Waals surface area contributed by atoms with Crippen LogP contribution in [0.2, 0.25) is 0 Å². The third kappa shape index (κ3) is 7.90.